The quantitative estimate of drug-likeness (QED) is 0.332. The molecule has 2 atom stereocenters. The number of benzene rings is 3. The summed E-state index contributed by atoms with van der Waals surface area (Å²) < 4.78 is 16.3. The fourth-order valence-corrected chi connectivity index (χ4v) is 5.49. The van der Waals surface area contributed by atoms with Crippen molar-refractivity contribution in [3.63, 3.8) is 0 Å². The predicted octanol–water partition coefficient (Wildman–Crippen LogP) is 5.91. The van der Waals surface area contributed by atoms with Crippen LogP contribution in [0.15, 0.2) is 65.6 Å². The van der Waals surface area contributed by atoms with Gasteiger partial charge in [0.2, 0.25) is 5.91 Å². The number of hydrogen-bond acceptors (Lipinski definition) is 4. The first kappa shape index (κ1) is 33.1. The van der Waals surface area contributed by atoms with Crippen LogP contribution in [0.4, 0.5) is 5.69 Å². The number of fused-ring (bicyclic) bond motifs is 1. The SMILES string of the molecule is C1CCNC1.CC(=O)N(C)C.CC[C@@H](NS(=O)c1ccc(NC(=O)c2ccccc2C)c2ccccc12)C(C)C. The summed E-state index contributed by atoms with van der Waals surface area (Å²) in [6, 6.07) is 19.1. The summed E-state index contributed by atoms with van der Waals surface area (Å²) in [7, 11) is 2.12. The molecule has 1 unspecified atom stereocenters. The van der Waals surface area contributed by atoms with Gasteiger partial charge in [-0.15, -0.1) is 0 Å². The molecule has 1 aliphatic heterocycles. The number of carbonyl (C=O) groups is 2. The van der Waals surface area contributed by atoms with Crippen molar-refractivity contribution in [1.29, 1.82) is 0 Å². The number of nitrogens with zero attached hydrogens (tertiary/aromatic N) is 1. The average molecular weight is 567 g/mol. The summed E-state index contributed by atoms with van der Waals surface area (Å²) in [5.74, 6) is 0.337. The minimum absolute atomic E-state index is 0.0926. The molecule has 3 aromatic rings. The van der Waals surface area contributed by atoms with Crippen LogP contribution in [0, 0.1) is 12.8 Å². The smallest absolute Gasteiger partial charge is 0.255 e. The van der Waals surface area contributed by atoms with Crippen LogP contribution in [-0.4, -0.2) is 54.1 Å². The molecule has 40 heavy (non-hydrogen) atoms. The topological polar surface area (TPSA) is 90.5 Å². The van der Waals surface area contributed by atoms with Crippen LogP contribution >= 0.6 is 0 Å². The molecule has 218 valence electrons. The Morgan fingerprint density at radius 1 is 0.950 bits per heavy atom. The van der Waals surface area contributed by atoms with Gasteiger partial charge in [0.05, 0.1) is 4.90 Å². The number of carbonyl (C=O) groups excluding carboxylic acids is 2. The standard InChI is InChI=1S/C24H28N2O2S.C4H9NO.C4H9N/c1-5-21(16(2)3)26-29(28)23-15-14-22(19-12-8-9-13-20(19)23)25-24(27)18-11-7-6-10-17(18)4;1-4(6)5(2)3;1-2-4-5-3-1/h6-16,21,26H,5H2,1-4H3,(H,25,27);1-3H3;5H,1-4H2/t21-,29?;;/m1../s1. The zero-order valence-electron chi connectivity index (χ0n) is 25.0. The molecule has 0 aromatic heterocycles. The summed E-state index contributed by atoms with van der Waals surface area (Å²) in [4.78, 5) is 25.1. The van der Waals surface area contributed by atoms with Gasteiger partial charge in [-0.2, -0.15) is 0 Å². The highest BCUT2D eigenvalue weighted by atomic mass is 32.2. The Morgan fingerprint density at radius 3 is 2.02 bits per heavy atom. The molecule has 0 spiro atoms. The van der Waals surface area contributed by atoms with Crippen LogP contribution < -0.4 is 15.4 Å². The van der Waals surface area contributed by atoms with Gasteiger partial charge >= 0.3 is 0 Å². The highest BCUT2D eigenvalue weighted by Crippen LogP contribution is 2.29. The highest BCUT2D eigenvalue weighted by molar-refractivity contribution is 7.83. The summed E-state index contributed by atoms with van der Waals surface area (Å²) in [6.45, 7) is 12.3. The van der Waals surface area contributed by atoms with Gasteiger partial charge in [0.15, 0.2) is 0 Å². The van der Waals surface area contributed by atoms with E-state index in [1.54, 1.807) is 14.1 Å². The van der Waals surface area contributed by atoms with Crippen LogP contribution in [0.1, 0.15) is 62.9 Å². The first-order valence-electron chi connectivity index (χ1n) is 14.0. The Hall–Kier alpha value is -3.07. The van der Waals surface area contributed by atoms with E-state index in [2.05, 4.69) is 36.1 Å². The van der Waals surface area contributed by atoms with E-state index in [9.17, 15) is 13.8 Å². The molecule has 0 bridgehead atoms. The molecule has 2 amide bonds. The molecular weight excluding hydrogens is 520 g/mol. The Kier molecular flexibility index (Phi) is 14.0. The van der Waals surface area contributed by atoms with Crippen LogP contribution in [0.25, 0.3) is 10.8 Å². The van der Waals surface area contributed by atoms with Crippen molar-refractivity contribution in [2.75, 3.05) is 32.5 Å². The zero-order valence-corrected chi connectivity index (χ0v) is 25.9. The van der Waals surface area contributed by atoms with Crippen molar-refractivity contribution in [3.05, 3.63) is 71.8 Å². The third kappa shape index (κ3) is 10.2. The predicted molar refractivity (Wildman–Crippen MR) is 168 cm³/mol. The van der Waals surface area contributed by atoms with Gasteiger partial charge < -0.3 is 15.5 Å². The third-order valence-corrected chi connectivity index (χ3v) is 8.08. The van der Waals surface area contributed by atoms with Crippen molar-refractivity contribution >= 4 is 39.3 Å². The number of rotatable bonds is 7. The van der Waals surface area contributed by atoms with Crippen LogP contribution in [-0.2, 0) is 15.8 Å². The molecule has 1 heterocycles. The van der Waals surface area contributed by atoms with Crippen molar-refractivity contribution in [2.45, 2.75) is 64.8 Å². The maximum atomic E-state index is 13.0. The van der Waals surface area contributed by atoms with Gasteiger partial charge in [-0.25, -0.2) is 8.93 Å². The zero-order chi connectivity index (χ0) is 29.7. The molecule has 1 saturated heterocycles. The Balaban J connectivity index is 0.000000425. The van der Waals surface area contributed by atoms with Crippen molar-refractivity contribution in [3.8, 4) is 0 Å². The monoisotopic (exact) mass is 566 g/mol. The molecular formula is C32H46N4O3S. The second-order valence-corrected chi connectivity index (χ2v) is 11.7. The second-order valence-electron chi connectivity index (χ2n) is 10.4. The van der Waals surface area contributed by atoms with E-state index in [0.29, 0.717) is 17.2 Å². The average Bonchev–Trinajstić information content (AvgIpc) is 3.52. The van der Waals surface area contributed by atoms with Gasteiger partial charge in [-0.1, -0.05) is 63.2 Å². The first-order chi connectivity index (χ1) is 19.1. The number of hydrogen-bond donors (Lipinski definition) is 3. The fraction of sp³-hybridized carbons (Fsp3) is 0.438. The summed E-state index contributed by atoms with van der Waals surface area (Å²) in [5.41, 5.74) is 2.29. The molecule has 7 nitrogen and oxygen atoms in total. The van der Waals surface area contributed by atoms with Crippen molar-refractivity contribution in [1.82, 2.24) is 14.9 Å². The summed E-state index contributed by atoms with van der Waals surface area (Å²) >= 11 is 0. The van der Waals surface area contributed by atoms with E-state index >= 15 is 0 Å². The van der Waals surface area contributed by atoms with Crippen LogP contribution in [0.3, 0.4) is 0 Å². The largest absolute Gasteiger partial charge is 0.349 e. The van der Waals surface area contributed by atoms with E-state index < -0.39 is 11.0 Å². The Bertz CT molecular complexity index is 1260. The molecule has 3 N–H and O–H groups in total. The van der Waals surface area contributed by atoms with Crippen molar-refractivity contribution < 1.29 is 13.8 Å². The summed E-state index contributed by atoms with van der Waals surface area (Å²) in [5, 5.41) is 7.99. The number of amides is 2. The lowest BCUT2D eigenvalue weighted by Crippen LogP contribution is -2.34. The van der Waals surface area contributed by atoms with E-state index in [-0.39, 0.29) is 17.9 Å². The number of anilines is 1. The minimum atomic E-state index is -1.33. The van der Waals surface area contributed by atoms with E-state index in [1.807, 2.05) is 67.6 Å². The molecule has 0 saturated carbocycles. The van der Waals surface area contributed by atoms with Gasteiger partial charge in [-0.05, 0) is 69.0 Å². The lowest BCUT2D eigenvalue weighted by atomic mass is 10.0. The molecule has 3 aromatic carbocycles. The molecule has 0 aliphatic carbocycles. The lowest BCUT2D eigenvalue weighted by Gasteiger charge is -2.21. The fourth-order valence-electron chi connectivity index (χ4n) is 4.08. The summed E-state index contributed by atoms with van der Waals surface area (Å²) in [6.07, 6.45) is 3.69. The second kappa shape index (κ2) is 16.9. The van der Waals surface area contributed by atoms with Crippen LogP contribution in [0.5, 0.6) is 0 Å². The van der Waals surface area contributed by atoms with E-state index in [1.165, 1.54) is 37.8 Å². The maximum absolute atomic E-state index is 13.0. The molecule has 8 heteroatoms. The third-order valence-electron chi connectivity index (χ3n) is 6.81. The van der Waals surface area contributed by atoms with Gasteiger partial charge in [0.25, 0.3) is 5.91 Å². The van der Waals surface area contributed by atoms with E-state index in [0.717, 1.165) is 27.7 Å². The normalized spacial score (nSPS) is 13.9. The molecule has 0 radical (unpaired) electrons. The maximum Gasteiger partial charge on any atom is 0.255 e. The highest BCUT2D eigenvalue weighted by Gasteiger charge is 2.18. The lowest BCUT2D eigenvalue weighted by molar-refractivity contribution is -0.126. The Morgan fingerprint density at radius 2 is 1.52 bits per heavy atom. The Labute approximate surface area is 242 Å². The van der Waals surface area contributed by atoms with Gasteiger partial charge in [-0.3, -0.25) is 9.59 Å². The minimum Gasteiger partial charge on any atom is -0.349 e. The van der Waals surface area contributed by atoms with E-state index in [4.69, 9.17) is 0 Å². The first-order valence-corrected chi connectivity index (χ1v) is 15.2. The molecule has 1 fully saturated rings. The number of nitrogens with one attached hydrogen (secondary N) is 3. The van der Waals surface area contributed by atoms with Crippen LogP contribution in [0.2, 0.25) is 0 Å². The molecule has 4 rings (SSSR count). The van der Waals surface area contributed by atoms with Crippen molar-refractivity contribution in [2.24, 2.45) is 5.92 Å². The number of aryl methyl sites for hydroxylation is 1. The molecule has 1 aliphatic rings. The van der Waals surface area contributed by atoms with Gasteiger partial charge in [0.1, 0.15) is 11.0 Å². The van der Waals surface area contributed by atoms with Gasteiger partial charge in [0, 0.05) is 49.1 Å².